The molecule has 21 heavy (non-hydrogen) atoms. The third-order valence-electron chi connectivity index (χ3n) is 4.37. The molecule has 0 heterocycles. The number of rotatable bonds is 4. The number of nitrogens with one attached hydrogen (secondary N) is 2. The summed E-state index contributed by atoms with van der Waals surface area (Å²) in [6.07, 6.45) is 3.48. The molecule has 0 spiro atoms. The lowest BCUT2D eigenvalue weighted by Gasteiger charge is -2.32. The van der Waals surface area contributed by atoms with Gasteiger partial charge in [0.1, 0.15) is 0 Å². The molecule has 0 aromatic heterocycles. The van der Waals surface area contributed by atoms with Crippen molar-refractivity contribution in [3.63, 3.8) is 0 Å². The normalized spacial score (nSPS) is 25.4. The van der Waals surface area contributed by atoms with Crippen molar-refractivity contribution in [3.8, 4) is 0 Å². The molecule has 1 aliphatic carbocycles. The molecule has 1 amide bonds. The highest BCUT2D eigenvalue weighted by Gasteiger charge is 2.25. The highest BCUT2D eigenvalue weighted by molar-refractivity contribution is 5.96. The van der Waals surface area contributed by atoms with Crippen LogP contribution >= 0.6 is 0 Å². The van der Waals surface area contributed by atoms with E-state index < -0.39 is 0 Å². The first kappa shape index (κ1) is 15.9. The van der Waals surface area contributed by atoms with Crippen molar-refractivity contribution >= 4 is 11.6 Å². The maximum atomic E-state index is 12.5. The Labute approximate surface area is 128 Å². The molecule has 2 atom stereocenters. The Bertz CT molecular complexity index is 488. The molecule has 0 radical (unpaired) electrons. The van der Waals surface area contributed by atoms with Crippen molar-refractivity contribution in [2.75, 3.05) is 11.9 Å². The number of carbonyl (C=O) groups excluding carboxylic acids is 1. The van der Waals surface area contributed by atoms with E-state index in [1.54, 1.807) is 0 Å². The minimum Gasteiger partial charge on any atom is -0.385 e. The van der Waals surface area contributed by atoms with Crippen LogP contribution in [-0.2, 0) is 0 Å². The van der Waals surface area contributed by atoms with Crippen molar-refractivity contribution in [2.24, 2.45) is 11.8 Å². The summed E-state index contributed by atoms with van der Waals surface area (Å²) >= 11 is 0. The molecule has 0 bridgehead atoms. The number of hydrogen-bond acceptors (Lipinski definition) is 2. The predicted molar refractivity (Wildman–Crippen MR) is 88.8 cm³/mol. The van der Waals surface area contributed by atoms with Crippen LogP contribution in [0.3, 0.4) is 0 Å². The largest absolute Gasteiger partial charge is 0.385 e. The third-order valence-corrected chi connectivity index (χ3v) is 4.37. The Kier molecular flexibility index (Phi) is 5.27. The van der Waals surface area contributed by atoms with Gasteiger partial charge >= 0.3 is 0 Å². The maximum absolute atomic E-state index is 12.5. The van der Waals surface area contributed by atoms with Crippen LogP contribution in [0.5, 0.6) is 0 Å². The molecule has 1 aromatic rings. The van der Waals surface area contributed by atoms with Crippen LogP contribution in [0.2, 0.25) is 0 Å². The van der Waals surface area contributed by atoms with Gasteiger partial charge in [-0.25, -0.2) is 0 Å². The van der Waals surface area contributed by atoms with Gasteiger partial charge in [-0.3, -0.25) is 4.79 Å². The second-order valence-corrected chi connectivity index (χ2v) is 6.65. The Morgan fingerprint density at radius 1 is 1.19 bits per heavy atom. The molecular weight excluding hydrogens is 260 g/mol. The first-order valence-electron chi connectivity index (χ1n) is 8.15. The summed E-state index contributed by atoms with van der Waals surface area (Å²) in [5, 5.41) is 6.50. The van der Waals surface area contributed by atoms with Crippen molar-refractivity contribution < 1.29 is 4.79 Å². The Morgan fingerprint density at radius 3 is 2.43 bits per heavy atom. The Balaban J connectivity index is 2.03. The van der Waals surface area contributed by atoms with Crippen LogP contribution in [0.15, 0.2) is 18.2 Å². The third kappa shape index (κ3) is 4.23. The number of hydrogen-bond donors (Lipinski definition) is 2. The highest BCUT2D eigenvalue weighted by Crippen LogP contribution is 2.28. The predicted octanol–water partition coefficient (Wildman–Crippen LogP) is 3.98. The fourth-order valence-electron chi connectivity index (χ4n) is 3.56. The summed E-state index contributed by atoms with van der Waals surface area (Å²) in [5.41, 5.74) is 2.90. The molecule has 2 N–H and O–H groups in total. The first-order chi connectivity index (χ1) is 9.99. The fourth-order valence-corrected chi connectivity index (χ4v) is 3.56. The summed E-state index contributed by atoms with van der Waals surface area (Å²) in [4.78, 5) is 12.5. The molecule has 1 aromatic carbocycles. The van der Waals surface area contributed by atoms with E-state index in [0.29, 0.717) is 17.9 Å². The van der Waals surface area contributed by atoms with Crippen molar-refractivity contribution in [1.82, 2.24) is 5.32 Å². The zero-order valence-corrected chi connectivity index (χ0v) is 13.7. The van der Waals surface area contributed by atoms with Gasteiger partial charge in [-0.2, -0.15) is 0 Å². The fraction of sp³-hybridized carbons (Fsp3) is 0.611. The number of benzene rings is 1. The molecule has 3 nitrogen and oxygen atoms in total. The van der Waals surface area contributed by atoms with Crippen LogP contribution in [0, 0.1) is 18.8 Å². The molecule has 1 saturated carbocycles. The SMILES string of the molecule is CCNc1ccc(C(=O)NC2CC(C)CC(C)C2)c(C)c1. The second-order valence-electron chi connectivity index (χ2n) is 6.65. The van der Waals surface area contributed by atoms with E-state index in [0.717, 1.165) is 36.2 Å². The van der Waals surface area contributed by atoms with Crippen LogP contribution in [0.1, 0.15) is 56.0 Å². The maximum Gasteiger partial charge on any atom is 0.251 e. The van der Waals surface area contributed by atoms with Gasteiger partial charge < -0.3 is 10.6 Å². The van der Waals surface area contributed by atoms with Crippen LogP contribution < -0.4 is 10.6 Å². The lowest BCUT2D eigenvalue weighted by molar-refractivity contribution is 0.0910. The molecule has 2 rings (SSSR count). The molecule has 116 valence electrons. The summed E-state index contributed by atoms with van der Waals surface area (Å²) in [5.74, 6) is 1.48. The van der Waals surface area contributed by atoms with E-state index in [4.69, 9.17) is 0 Å². The Hall–Kier alpha value is -1.51. The van der Waals surface area contributed by atoms with Crippen LogP contribution in [0.4, 0.5) is 5.69 Å². The van der Waals surface area contributed by atoms with Gasteiger partial charge in [-0.1, -0.05) is 13.8 Å². The van der Waals surface area contributed by atoms with Crippen LogP contribution in [-0.4, -0.2) is 18.5 Å². The number of carbonyl (C=O) groups is 1. The number of aryl methyl sites for hydroxylation is 1. The van der Waals surface area contributed by atoms with E-state index >= 15 is 0 Å². The molecule has 3 heteroatoms. The lowest BCUT2D eigenvalue weighted by atomic mass is 9.80. The summed E-state index contributed by atoms with van der Waals surface area (Å²) in [6.45, 7) is 9.53. The molecule has 2 unspecified atom stereocenters. The topological polar surface area (TPSA) is 41.1 Å². The van der Waals surface area contributed by atoms with Gasteiger partial charge in [0, 0.05) is 23.8 Å². The minimum atomic E-state index is 0.0712. The molecular formula is C18H28N2O. The molecule has 0 saturated heterocycles. The van der Waals surface area contributed by atoms with Gasteiger partial charge in [0.2, 0.25) is 0 Å². The lowest BCUT2D eigenvalue weighted by Crippen LogP contribution is -2.40. The average Bonchev–Trinajstić information content (AvgIpc) is 2.37. The average molecular weight is 288 g/mol. The zero-order chi connectivity index (χ0) is 15.4. The number of anilines is 1. The Morgan fingerprint density at radius 2 is 1.86 bits per heavy atom. The van der Waals surface area contributed by atoms with Crippen molar-refractivity contribution in [3.05, 3.63) is 29.3 Å². The van der Waals surface area contributed by atoms with Gasteiger partial charge in [-0.05, 0) is 68.7 Å². The van der Waals surface area contributed by atoms with Crippen molar-refractivity contribution in [1.29, 1.82) is 0 Å². The number of amides is 1. The van der Waals surface area contributed by atoms with Gasteiger partial charge in [0.15, 0.2) is 0 Å². The van der Waals surface area contributed by atoms with E-state index in [1.165, 1.54) is 6.42 Å². The second kappa shape index (κ2) is 6.97. The molecule has 1 aliphatic rings. The monoisotopic (exact) mass is 288 g/mol. The van der Waals surface area contributed by atoms with E-state index in [9.17, 15) is 4.79 Å². The highest BCUT2D eigenvalue weighted by atomic mass is 16.1. The quantitative estimate of drug-likeness (QED) is 0.880. The summed E-state index contributed by atoms with van der Waals surface area (Å²) in [6, 6.07) is 6.28. The first-order valence-corrected chi connectivity index (χ1v) is 8.15. The van der Waals surface area contributed by atoms with E-state index in [1.807, 2.05) is 25.1 Å². The van der Waals surface area contributed by atoms with Crippen molar-refractivity contribution in [2.45, 2.75) is 53.0 Å². The van der Waals surface area contributed by atoms with Gasteiger partial charge in [0.25, 0.3) is 5.91 Å². The summed E-state index contributed by atoms with van der Waals surface area (Å²) in [7, 11) is 0. The minimum absolute atomic E-state index is 0.0712. The van der Waals surface area contributed by atoms with E-state index in [-0.39, 0.29) is 5.91 Å². The molecule has 1 fully saturated rings. The summed E-state index contributed by atoms with van der Waals surface area (Å²) < 4.78 is 0. The smallest absolute Gasteiger partial charge is 0.251 e. The van der Waals surface area contributed by atoms with Gasteiger partial charge in [-0.15, -0.1) is 0 Å². The van der Waals surface area contributed by atoms with Gasteiger partial charge in [0.05, 0.1) is 0 Å². The van der Waals surface area contributed by atoms with E-state index in [2.05, 4.69) is 31.4 Å². The standard InChI is InChI=1S/C18H28N2O/c1-5-19-15-6-7-17(14(4)11-15)18(21)20-16-9-12(2)8-13(3)10-16/h6-7,11-13,16,19H,5,8-10H2,1-4H3,(H,20,21). The zero-order valence-electron chi connectivity index (χ0n) is 13.7. The molecule has 0 aliphatic heterocycles. The van der Waals surface area contributed by atoms with Crippen LogP contribution in [0.25, 0.3) is 0 Å².